The van der Waals surface area contributed by atoms with Crippen LogP contribution in [0.15, 0.2) is 12.4 Å². The topological polar surface area (TPSA) is 51.7 Å². The van der Waals surface area contributed by atoms with Crippen molar-refractivity contribution in [1.82, 2.24) is 9.88 Å². The first-order valence-corrected chi connectivity index (χ1v) is 6.45. The molecule has 0 bridgehead atoms. The second-order valence-corrected chi connectivity index (χ2v) is 5.57. The molecule has 1 amide bonds. The van der Waals surface area contributed by atoms with Crippen molar-refractivity contribution in [2.45, 2.75) is 32.9 Å². The van der Waals surface area contributed by atoms with Crippen molar-refractivity contribution in [3.8, 4) is 18.1 Å². The molecule has 0 aromatic carbocycles. The van der Waals surface area contributed by atoms with Gasteiger partial charge < -0.3 is 14.4 Å². The van der Waals surface area contributed by atoms with Gasteiger partial charge in [0.1, 0.15) is 18.0 Å². The van der Waals surface area contributed by atoms with E-state index in [0.29, 0.717) is 31.0 Å². The number of nitrogens with zero attached hydrogens (tertiary/aromatic N) is 2. The molecule has 1 aromatic rings. The van der Waals surface area contributed by atoms with Crippen LogP contribution in [0, 0.1) is 12.3 Å². The van der Waals surface area contributed by atoms with Gasteiger partial charge in [-0.1, -0.05) is 5.92 Å². The molecule has 0 N–H and O–H groups in total. The smallest absolute Gasteiger partial charge is 0.410 e. The summed E-state index contributed by atoms with van der Waals surface area (Å²) in [7, 11) is 0. The number of carbonyl (C=O) groups excluding carboxylic acids is 1. The Morgan fingerprint density at radius 2 is 2.25 bits per heavy atom. The van der Waals surface area contributed by atoms with Gasteiger partial charge in [0.15, 0.2) is 0 Å². The fourth-order valence-corrected chi connectivity index (χ4v) is 1.90. The van der Waals surface area contributed by atoms with Gasteiger partial charge in [0.05, 0.1) is 18.7 Å². The average molecular weight is 274 g/mol. The van der Waals surface area contributed by atoms with Crippen molar-refractivity contribution in [2.75, 3.05) is 13.2 Å². The van der Waals surface area contributed by atoms with Gasteiger partial charge in [-0.15, -0.1) is 6.42 Å². The van der Waals surface area contributed by atoms with Crippen molar-refractivity contribution in [1.29, 1.82) is 0 Å². The normalized spacial score (nSPS) is 14.6. The van der Waals surface area contributed by atoms with Gasteiger partial charge in [-0.2, -0.15) is 0 Å². The largest absolute Gasteiger partial charge is 0.490 e. The first-order chi connectivity index (χ1) is 9.40. The van der Waals surface area contributed by atoms with Gasteiger partial charge in [-0.3, -0.25) is 4.98 Å². The van der Waals surface area contributed by atoms with E-state index in [1.807, 2.05) is 20.8 Å². The number of pyridine rings is 1. The number of carbonyl (C=O) groups is 1. The fraction of sp³-hybridized carbons (Fsp3) is 0.467. The lowest BCUT2D eigenvalue weighted by atomic mass is 10.1. The minimum atomic E-state index is -0.522. The van der Waals surface area contributed by atoms with Crippen LogP contribution in [0.5, 0.6) is 5.75 Å². The summed E-state index contributed by atoms with van der Waals surface area (Å²) in [6.45, 7) is 6.73. The molecule has 5 heteroatoms. The molecule has 0 saturated heterocycles. The van der Waals surface area contributed by atoms with Crippen molar-refractivity contribution < 1.29 is 14.3 Å². The highest BCUT2D eigenvalue weighted by Gasteiger charge is 2.26. The Balaban J connectivity index is 2.21. The number of rotatable bonds is 0. The van der Waals surface area contributed by atoms with E-state index in [9.17, 15) is 4.79 Å². The number of ether oxygens (including phenoxy) is 2. The summed E-state index contributed by atoms with van der Waals surface area (Å²) in [5.41, 5.74) is 0.878. The predicted molar refractivity (Wildman–Crippen MR) is 74.3 cm³/mol. The van der Waals surface area contributed by atoms with Crippen LogP contribution in [0.25, 0.3) is 0 Å². The van der Waals surface area contributed by atoms with E-state index in [1.54, 1.807) is 17.3 Å². The Labute approximate surface area is 118 Å². The molecule has 0 spiro atoms. The lowest BCUT2D eigenvalue weighted by Crippen LogP contribution is -2.37. The molecule has 0 radical (unpaired) electrons. The van der Waals surface area contributed by atoms with Gasteiger partial charge in [-0.05, 0) is 20.8 Å². The van der Waals surface area contributed by atoms with Crippen LogP contribution in [0.1, 0.15) is 31.9 Å². The molecular formula is C15H18N2O3. The molecule has 0 fully saturated rings. The van der Waals surface area contributed by atoms with Crippen LogP contribution < -0.4 is 4.74 Å². The Bertz CT molecular complexity index is 555. The van der Waals surface area contributed by atoms with Crippen molar-refractivity contribution >= 4 is 6.09 Å². The molecule has 106 valence electrons. The van der Waals surface area contributed by atoms with Crippen molar-refractivity contribution in [3.63, 3.8) is 0 Å². The number of terminal acetylenes is 1. The average Bonchev–Trinajstić information content (AvgIpc) is 2.58. The Morgan fingerprint density at radius 3 is 2.90 bits per heavy atom. The van der Waals surface area contributed by atoms with E-state index in [4.69, 9.17) is 15.9 Å². The third-order valence-electron chi connectivity index (χ3n) is 2.75. The third kappa shape index (κ3) is 3.21. The van der Waals surface area contributed by atoms with Crippen LogP contribution in [0.4, 0.5) is 4.79 Å². The second kappa shape index (κ2) is 5.41. The zero-order valence-corrected chi connectivity index (χ0v) is 12.0. The zero-order chi connectivity index (χ0) is 14.8. The number of fused-ring (bicyclic) bond motifs is 1. The van der Waals surface area contributed by atoms with Crippen LogP contribution in [0.3, 0.4) is 0 Å². The summed E-state index contributed by atoms with van der Waals surface area (Å²) >= 11 is 0. The SMILES string of the molecule is C#Cc1cncc2c1OCCN(C(=O)OC(C)(C)C)C2. The van der Waals surface area contributed by atoms with Crippen molar-refractivity contribution in [3.05, 3.63) is 23.5 Å². The molecule has 1 aliphatic rings. The molecule has 2 heterocycles. The Morgan fingerprint density at radius 1 is 1.50 bits per heavy atom. The van der Waals surface area contributed by atoms with Crippen LogP contribution in [-0.2, 0) is 11.3 Å². The number of hydrogen-bond acceptors (Lipinski definition) is 4. The van der Waals surface area contributed by atoms with E-state index in [-0.39, 0.29) is 6.09 Å². The molecule has 0 aliphatic carbocycles. The lowest BCUT2D eigenvalue weighted by molar-refractivity contribution is 0.0225. The number of amides is 1. The highest BCUT2D eigenvalue weighted by atomic mass is 16.6. The highest BCUT2D eigenvalue weighted by Crippen LogP contribution is 2.26. The molecule has 0 atom stereocenters. The summed E-state index contributed by atoms with van der Waals surface area (Å²) in [6, 6.07) is 0. The maximum atomic E-state index is 12.1. The van der Waals surface area contributed by atoms with Gasteiger partial charge in [-0.25, -0.2) is 4.79 Å². The van der Waals surface area contributed by atoms with Gasteiger partial charge in [0.25, 0.3) is 0 Å². The number of hydrogen-bond donors (Lipinski definition) is 0. The Hall–Kier alpha value is -2.22. The predicted octanol–water partition coefficient (Wildman–Crippen LogP) is 2.19. The van der Waals surface area contributed by atoms with E-state index < -0.39 is 5.60 Å². The quantitative estimate of drug-likeness (QED) is 0.680. The molecule has 2 rings (SSSR count). The summed E-state index contributed by atoms with van der Waals surface area (Å²) in [5, 5.41) is 0. The maximum Gasteiger partial charge on any atom is 0.410 e. The van der Waals surface area contributed by atoms with Crippen LogP contribution >= 0.6 is 0 Å². The molecule has 0 saturated carbocycles. The second-order valence-electron chi connectivity index (χ2n) is 5.57. The minimum absolute atomic E-state index is 0.361. The highest BCUT2D eigenvalue weighted by molar-refractivity contribution is 5.68. The third-order valence-corrected chi connectivity index (χ3v) is 2.75. The van der Waals surface area contributed by atoms with E-state index in [1.165, 1.54) is 0 Å². The first-order valence-electron chi connectivity index (χ1n) is 6.45. The standard InChI is InChI=1S/C15H18N2O3/c1-5-11-8-16-9-12-10-17(6-7-19-13(11)12)14(18)20-15(2,3)4/h1,8-9H,6-7,10H2,2-4H3. The van der Waals surface area contributed by atoms with Crippen molar-refractivity contribution in [2.24, 2.45) is 0 Å². The monoisotopic (exact) mass is 274 g/mol. The lowest BCUT2D eigenvalue weighted by Gasteiger charge is -2.25. The number of aromatic nitrogens is 1. The molecule has 0 unspecified atom stereocenters. The summed E-state index contributed by atoms with van der Waals surface area (Å²) in [5.74, 6) is 3.18. The molecule has 1 aromatic heterocycles. The van der Waals surface area contributed by atoms with Gasteiger partial charge in [0.2, 0.25) is 0 Å². The molecular weight excluding hydrogens is 256 g/mol. The fourth-order valence-electron chi connectivity index (χ4n) is 1.90. The summed E-state index contributed by atoms with van der Waals surface area (Å²) in [6.07, 6.45) is 8.32. The van der Waals surface area contributed by atoms with E-state index in [2.05, 4.69) is 10.9 Å². The summed E-state index contributed by atoms with van der Waals surface area (Å²) in [4.78, 5) is 17.8. The zero-order valence-electron chi connectivity index (χ0n) is 12.0. The molecule has 20 heavy (non-hydrogen) atoms. The van der Waals surface area contributed by atoms with Gasteiger partial charge in [0, 0.05) is 18.0 Å². The molecule has 1 aliphatic heterocycles. The van der Waals surface area contributed by atoms with E-state index in [0.717, 1.165) is 5.56 Å². The van der Waals surface area contributed by atoms with Crippen LogP contribution in [-0.4, -0.2) is 34.7 Å². The Kier molecular flexibility index (Phi) is 3.84. The summed E-state index contributed by atoms with van der Waals surface area (Å²) < 4.78 is 11.0. The van der Waals surface area contributed by atoms with Gasteiger partial charge >= 0.3 is 6.09 Å². The minimum Gasteiger partial charge on any atom is -0.490 e. The maximum absolute atomic E-state index is 12.1. The van der Waals surface area contributed by atoms with Crippen LogP contribution in [0.2, 0.25) is 0 Å². The first kappa shape index (κ1) is 14.2. The molecule has 5 nitrogen and oxygen atoms in total. The van der Waals surface area contributed by atoms with E-state index >= 15 is 0 Å².